The van der Waals surface area contributed by atoms with Crippen molar-refractivity contribution in [1.29, 1.82) is 0 Å². The molecule has 1 atom stereocenters. The van der Waals surface area contributed by atoms with Gasteiger partial charge in [-0.15, -0.1) is 0 Å². The zero-order valence-electron chi connectivity index (χ0n) is 47.1. The molecule has 0 aliphatic carbocycles. The maximum Gasteiger partial charge on any atom is 0.306 e. The maximum absolute atomic E-state index is 12.8. The molecule has 0 saturated heterocycles. The van der Waals surface area contributed by atoms with Gasteiger partial charge in [-0.2, -0.15) is 0 Å². The molecule has 0 fully saturated rings. The van der Waals surface area contributed by atoms with Crippen LogP contribution in [-0.2, 0) is 28.6 Å². The lowest BCUT2D eigenvalue weighted by Crippen LogP contribution is -2.30. The standard InChI is InChI=1S/C64H118O6/c1-4-7-10-13-16-19-22-25-26-27-28-29-30-31-32-33-34-35-36-37-38-40-42-45-48-51-54-57-63(66)69-60-61(59-68-62(65)56-53-50-47-44-41-24-21-18-15-12-9-6-3)70-64(67)58-55-52-49-46-43-39-23-20-17-14-11-8-5-2/h18,21-22,25,27-28,61H,4-17,19-20,23-24,26,29-60H2,1-3H3/b21-18-,25-22-,28-27-. The quantitative estimate of drug-likeness (QED) is 0.0261. The molecule has 6 nitrogen and oxygen atoms in total. The molecule has 0 aromatic carbocycles. The highest BCUT2D eigenvalue weighted by molar-refractivity contribution is 5.71. The molecule has 0 aromatic heterocycles. The number of rotatable bonds is 57. The van der Waals surface area contributed by atoms with Gasteiger partial charge < -0.3 is 14.2 Å². The van der Waals surface area contributed by atoms with Gasteiger partial charge in [0.05, 0.1) is 0 Å². The van der Waals surface area contributed by atoms with E-state index in [1.807, 2.05) is 0 Å². The van der Waals surface area contributed by atoms with Gasteiger partial charge in [0.25, 0.3) is 0 Å². The van der Waals surface area contributed by atoms with Crippen LogP contribution in [0.15, 0.2) is 36.5 Å². The van der Waals surface area contributed by atoms with Crippen molar-refractivity contribution in [2.24, 2.45) is 0 Å². The Morgan fingerprint density at radius 3 is 0.829 bits per heavy atom. The number of carbonyl (C=O) groups is 3. The number of ether oxygens (including phenoxy) is 3. The van der Waals surface area contributed by atoms with Crippen molar-refractivity contribution < 1.29 is 28.6 Å². The van der Waals surface area contributed by atoms with Crippen LogP contribution in [0.1, 0.15) is 335 Å². The molecular weight excluding hydrogens is 865 g/mol. The van der Waals surface area contributed by atoms with E-state index in [9.17, 15) is 14.4 Å². The van der Waals surface area contributed by atoms with Gasteiger partial charge in [0.2, 0.25) is 0 Å². The Bertz CT molecular complexity index is 1170. The number of hydrogen-bond donors (Lipinski definition) is 0. The second kappa shape index (κ2) is 59.2. The summed E-state index contributed by atoms with van der Waals surface area (Å²) >= 11 is 0. The molecule has 0 spiro atoms. The molecule has 70 heavy (non-hydrogen) atoms. The summed E-state index contributed by atoms with van der Waals surface area (Å²) in [6.45, 7) is 6.64. The Balaban J connectivity index is 4.16. The first-order valence-electron chi connectivity index (χ1n) is 31.0. The Morgan fingerprint density at radius 1 is 0.286 bits per heavy atom. The second-order valence-corrected chi connectivity index (χ2v) is 21.0. The number of unbranched alkanes of at least 4 members (excludes halogenated alkanes) is 40. The Hall–Kier alpha value is -2.37. The predicted molar refractivity (Wildman–Crippen MR) is 302 cm³/mol. The van der Waals surface area contributed by atoms with Crippen LogP contribution in [0.4, 0.5) is 0 Å². The third-order valence-electron chi connectivity index (χ3n) is 13.9. The monoisotopic (exact) mass is 983 g/mol. The highest BCUT2D eigenvalue weighted by Gasteiger charge is 2.19. The van der Waals surface area contributed by atoms with Crippen LogP contribution in [0.5, 0.6) is 0 Å². The minimum atomic E-state index is -0.771. The van der Waals surface area contributed by atoms with Crippen LogP contribution in [0.2, 0.25) is 0 Å². The summed E-state index contributed by atoms with van der Waals surface area (Å²) in [5.41, 5.74) is 0. The van der Waals surface area contributed by atoms with Crippen molar-refractivity contribution in [1.82, 2.24) is 0 Å². The van der Waals surface area contributed by atoms with Gasteiger partial charge in [0, 0.05) is 19.3 Å². The van der Waals surface area contributed by atoms with Crippen LogP contribution in [0.3, 0.4) is 0 Å². The Morgan fingerprint density at radius 2 is 0.514 bits per heavy atom. The van der Waals surface area contributed by atoms with E-state index in [1.54, 1.807) is 0 Å². The van der Waals surface area contributed by atoms with E-state index in [-0.39, 0.29) is 31.1 Å². The van der Waals surface area contributed by atoms with Crippen molar-refractivity contribution in [2.75, 3.05) is 13.2 Å². The van der Waals surface area contributed by atoms with E-state index in [2.05, 4.69) is 57.2 Å². The summed E-state index contributed by atoms with van der Waals surface area (Å²) in [4.78, 5) is 38.1. The average molecular weight is 984 g/mol. The lowest BCUT2D eigenvalue weighted by molar-refractivity contribution is -0.167. The molecule has 410 valence electrons. The number of allylic oxidation sites excluding steroid dienone is 6. The fourth-order valence-corrected chi connectivity index (χ4v) is 9.18. The highest BCUT2D eigenvalue weighted by atomic mass is 16.6. The van der Waals surface area contributed by atoms with Crippen molar-refractivity contribution in [3.63, 3.8) is 0 Å². The van der Waals surface area contributed by atoms with E-state index < -0.39 is 6.10 Å². The molecule has 0 radical (unpaired) electrons. The van der Waals surface area contributed by atoms with E-state index in [0.29, 0.717) is 19.3 Å². The van der Waals surface area contributed by atoms with Crippen LogP contribution in [0.25, 0.3) is 0 Å². The summed E-state index contributed by atoms with van der Waals surface area (Å²) in [7, 11) is 0. The van der Waals surface area contributed by atoms with E-state index in [4.69, 9.17) is 14.2 Å². The van der Waals surface area contributed by atoms with Crippen LogP contribution in [0, 0.1) is 0 Å². The Labute approximate surface area is 435 Å². The zero-order chi connectivity index (χ0) is 50.7. The molecule has 0 N–H and O–H groups in total. The summed E-state index contributed by atoms with van der Waals surface area (Å²) in [5, 5.41) is 0. The first kappa shape index (κ1) is 67.6. The molecule has 6 heteroatoms. The van der Waals surface area contributed by atoms with Gasteiger partial charge in [-0.1, -0.05) is 276 Å². The van der Waals surface area contributed by atoms with E-state index in [1.165, 1.54) is 225 Å². The molecule has 0 bridgehead atoms. The van der Waals surface area contributed by atoms with Gasteiger partial charge >= 0.3 is 17.9 Å². The second-order valence-electron chi connectivity index (χ2n) is 21.0. The number of esters is 3. The minimum absolute atomic E-state index is 0.0703. The fraction of sp³-hybridized carbons (Fsp3) is 0.859. The van der Waals surface area contributed by atoms with Crippen molar-refractivity contribution in [3.8, 4) is 0 Å². The molecule has 0 aliphatic heterocycles. The SMILES string of the molecule is CCCCC/C=C\CCCCCCCC(=O)OCC(COC(=O)CCCCCCCCCCCCCCCCC/C=C\C/C=C\CCCCCCC)OC(=O)CCCCCCCCCCCCCCC. The molecule has 0 saturated carbocycles. The van der Waals surface area contributed by atoms with Gasteiger partial charge in [-0.3, -0.25) is 14.4 Å². The van der Waals surface area contributed by atoms with Gasteiger partial charge in [-0.25, -0.2) is 0 Å². The summed E-state index contributed by atoms with van der Waals surface area (Å²) in [5.74, 6) is -0.861. The van der Waals surface area contributed by atoms with E-state index in [0.717, 1.165) is 70.6 Å². The van der Waals surface area contributed by atoms with E-state index >= 15 is 0 Å². The molecular formula is C64H118O6. The molecule has 0 rings (SSSR count). The van der Waals surface area contributed by atoms with Gasteiger partial charge in [0.1, 0.15) is 13.2 Å². The smallest absolute Gasteiger partial charge is 0.306 e. The first-order chi connectivity index (χ1) is 34.5. The lowest BCUT2D eigenvalue weighted by Gasteiger charge is -2.18. The van der Waals surface area contributed by atoms with Crippen molar-refractivity contribution in [2.45, 2.75) is 341 Å². The third-order valence-corrected chi connectivity index (χ3v) is 13.9. The summed E-state index contributed by atoms with van der Waals surface area (Å²) in [6, 6.07) is 0. The van der Waals surface area contributed by atoms with Crippen molar-refractivity contribution >= 4 is 17.9 Å². The topological polar surface area (TPSA) is 78.9 Å². The first-order valence-corrected chi connectivity index (χ1v) is 31.0. The number of hydrogen-bond acceptors (Lipinski definition) is 6. The van der Waals surface area contributed by atoms with Crippen molar-refractivity contribution in [3.05, 3.63) is 36.5 Å². The predicted octanol–water partition coefficient (Wildman–Crippen LogP) is 20.8. The van der Waals surface area contributed by atoms with Crippen LogP contribution >= 0.6 is 0 Å². The highest BCUT2D eigenvalue weighted by Crippen LogP contribution is 2.17. The average Bonchev–Trinajstić information content (AvgIpc) is 3.36. The third kappa shape index (κ3) is 56.5. The Kier molecular flexibility index (Phi) is 57.2. The lowest BCUT2D eigenvalue weighted by atomic mass is 10.0. The van der Waals surface area contributed by atoms with Crippen LogP contribution < -0.4 is 0 Å². The summed E-state index contributed by atoms with van der Waals surface area (Å²) in [6.07, 6.45) is 71.5. The van der Waals surface area contributed by atoms with Gasteiger partial charge in [0.15, 0.2) is 6.10 Å². The molecule has 0 heterocycles. The maximum atomic E-state index is 12.8. The normalized spacial score (nSPS) is 12.2. The minimum Gasteiger partial charge on any atom is -0.462 e. The molecule has 0 amide bonds. The van der Waals surface area contributed by atoms with Crippen LogP contribution in [-0.4, -0.2) is 37.2 Å². The van der Waals surface area contributed by atoms with Gasteiger partial charge in [-0.05, 0) is 77.0 Å². The fourth-order valence-electron chi connectivity index (χ4n) is 9.18. The summed E-state index contributed by atoms with van der Waals surface area (Å²) < 4.78 is 16.9. The molecule has 1 unspecified atom stereocenters. The largest absolute Gasteiger partial charge is 0.462 e. The zero-order valence-corrected chi connectivity index (χ0v) is 47.1. The molecule has 0 aliphatic rings. The number of carbonyl (C=O) groups excluding carboxylic acids is 3. The molecule has 0 aromatic rings.